The van der Waals surface area contributed by atoms with Gasteiger partial charge in [-0.2, -0.15) is 5.26 Å². The van der Waals surface area contributed by atoms with E-state index in [1.165, 1.54) is 0 Å². The summed E-state index contributed by atoms with van der Waals surface area (Å²) in [6, 6.07) is 3.23. The number of halogens is 4. The molecule has 31 heavy (non-hydrogen) atoms. The Kier molecular flexibility index (Phi) is 6.62. The molecule has 6 nitrogen and oxygen atoms in total. The standard InChI is InChI=1S/C21H22BrCl2FN4O2/c1-10-9-29(20(30)31-21(3,4)5)11(2)8-28(10)18-12-6-14(23)15(22)16(25)17(12)27-19(24)13(18)7-26/h6,10-11H,8-9H2,1-5H3/t10-,11+/m0/s1. The average Bonchev–Trinajstić information content (AvgIpc) is 2.66. The normalized spacial score (nSPS) is 19.5. The fourth-order valence-electron chi connectivity index (χ4n) is 3.67. The number of hydrogen-bond acceptors (Lipinski definition) is 5. The summed E-state index contributed by atoms with van der Waals surface area (Å²) in [6.07, 6.45) is -0.400. The van der Waals surface area contributed by atoms with Crippen molar-refractivity contribution in [3.63, 3.8) is 0 Å². The van der Waals surface area contributed by atoms with Crippen molar-refractivity contribution in [3.05, 3.63) is 32.1 Å². The summed E-state index contributed by atoms with van der Waals surface area (Å²) in [7, 11) is 0. The minimum Gasteiger partial charge on any atom is -0.444 e. The quantitative estimate of drug-likeness (QED) is 0.326. The van der Waals surface area contributed by atoms with Gasteiger partial charge in [0.25, 0.3) is 0 Å². The van der Waals surface area contributed by atoms with Gasteiger partial charge in [0.1, 0.15) is 27.9 Å². The third kappa shape index (κ3) is 4.55. The van der Waals surface area contributed by atoms with Crippen molar-refractivity contribution in [2.45, 2.75) is 52.3 Å². The highest BCUT2D eigenvalue weighted by Crippen LogP contribution is 2.41. The lowest BCUT2D eigenvalue weighted by Gasteiger charge is -2.45. The number of carbonyl (C=O) groups is 1. The number of hydrogen-bond donors (Lipinski definition) is 0. The van der Waals surface area contributed by atoms with Gasteiger partial charge >= 0.3 is 6.09 Å². The first kappa shape index (κ1) is 23.8. The van der Waals surface area contributed by atoms with Crippen LogP contribution in [0.5, 0.6) is 0 Å². The molecule has 0 radical (unpaired) electrons. The van der Waals surface area contributed by atoms with E-state index >= 15 is 0 Å². The van der Waals surface area contributed by atoms with Crippen molar-refractivity contribution in [2.75, 3.05) is 18.0 Å². The van der Waals surface area contributed by atoms with Gasteiger partial charge in [0, 0.05) is 30.6 Å². The molecule has 1 aromatic heterocycles. The predicted octanol–water partition coefficient (Wildman–Crippen LogP) is 6.15. The average molecular weight is 532 g/mol. The van der Waals surface area contributed by atoms with E-state index in [-0.39, 0.29) is 37.8 Å². The van der Waals surface area contributed by atoms with Gasteiger partial charge in [0.2, 0.25) is 0 Å². The predicted molar refractivity (Wildman–Crippen MR) is 123 cm³/mol. The van der Waals surface area contributed by atoms with Crippen molar-refractivity contribution in [1.82, 2.24) is 9.88 Å². The lowest BCUT2D eigenvalue weighted by atomic mass is 10.0. The van der Waals surface area contributed by atoms with Crippen LogP contribution in [0.1, 0.15) is 40.2 Å². The highest BCUT2D eigenvalue weighted by atomic mass is 79.9. The maximum absolute atomic E-state index is 14.9. The molecule has 0 aliphatic carbocycles. The van der Waals surface area contributed by atoms with Crippen molar-refractivity contribution in [2.24, 2.45) is 0 Å². The molecular formula is C21H22BrCl2FN4O2. The fraction of sp³-hybridized carbons (Fsp3) is 0.476. The number of benzene rings is 1. The third-order valence-electron chi connectivity index (χ3n) is 5.06. The summed E-state index contributed by atoms with van der Waals surface area (Å²) in [5.41, 5.74) is -0.00262. The van der Waals surface area contributed by atoms with Crippen LogP contribution in [0.3, 0.4) is 0 Å². The topological polar surface area (TPSA) is 69.5 Å². The Morgan fingerprint density at radius 2 is 1.97 bits per heavy atom. The molecule has 1 aromatic carbocycles. The molecule has 0 saturated carbocycles. The first-order valence-electron chi connectivity index (χ1n) is 9.68. The van der Waals surface area contributed by atoms with Crippen LogP contribution in [-0.4, -0.2) is 46.8 Å². The summed E-state index contributed by atoms with van der Waals surface area (Å²) in [5.74, 6) is -0.650. The van der Waals surface area contributed by atoms with Crippen LogP contribution in [-0.2, 0) is 4.74 Å². The zero-order valence-corrected chi connectivity index (χ0v) is 20.9. The SMILES string of the molecule is C[C@@H]1CN(c2c(C#N)c(Cl)nc3c(F)c(Br)c(Cl)cc23)[C@@H](C)CN1C(=O)OC(C)(C)C. The number of amides is 1. The molecule has 1 saturated heterocycles. The zero-order chi connectivity index (χ0) is 23.2. The van der Waals surface area contributed by atoms with Gasteiger partial charge in [-0.05, 0) is 56.6 Å². The maximum atomic E-state index is 14.9. The van der Waals surface area contributed by atoms with Crippen molar-refractivity contribution >= 4 is 61.8 Å². The Morgan fingerprint density at radius 1 is 1.32 bits per heavy atom. The number of piperazine rings is 1. The Hall–Kier alpha value is -1.82. The first-order chi connectivity index (χ1) is 14.4. The molecule has 0 spiro atoms. The minimum absolute atomic E-state index is 0.0182. The van der Waals surface area contributed by atoms with E-state index in [4.69, 9.17) is 27.9 Å². The summed E-state index contributed by atoms with van der Waals surface area (Å²) in [5, 5.41) is 10.2. The number of nitrogens with zero attached hydrogens (tertiary/aromatic N) is 4. The molecule has 1 aliphatic rings. The van der Waals surface area contributed by atoms with Crippen LogP contribution in [0.25, 0.3) is 10.9 Å². The summed E-state index contributed by atoms with van der Waals surface area (Å²) < 4.78 is 20.5. The minimum atomic E-state index is -0.650. The first-order valence-corrected chi connectivity index (χ1v) is 11.2. The van der Waals surface area contributed by atoms with Crippen LogP contribution in [0.2, 0.25) is 10.2 Å². The van der Waals surface area contributed by atoms with E-state index in [1.807, 2.05) is 39.5 Å². The number of aromatic nitrogens is 1. The Balaban J connectivity index is 2.10. The summed E-state index contributed by atoms with van der Waals surface area (Å²) >= 11 is 15.6. The lowest BCUT2D eigenvalue weighted by molar-refractivity contribution is 0.0130. The Morgan fingerprint density at radius 3 is 2.55 bits per heavy atom. The molecule has 2 heterocycles. The molecule has 3 rings (SSSR count). The van der Waals surface area contributed by atoms with Gasteiger partial charge in [-0.15, -0.1) is 0 Å². The Bertz CT molecular complexity index is 1100. The molecule has 1 fully saturated rings. The second-order valence-electron chi connectivity index (χ2n) is 8.60. The highest BCUT2D eigenvalue weighted by Gasteiger charge is 2.37. The van der Waals surface area contributed by atoms with Gasteiger partial charge in [-0.25, -0.2) is 14.2 Å². The fourth-order valence-corrected chi connectivity index (χ4v) is 4.38. The lowest BCUT2D eigenvalue weighted by Crippen LogP contribution is -2.59. The number of ether oxygens (including phenoxy) is 1. The van der Waals surface area contributed by atoms with Crippen molar-refractivity contribution < 1.29 is 13.9 Å². The largest absolute Gasteiger partial charge is 0.444 e. The number of fused-ring (bicyclic) bond motifs is 1. The van der Waals surface area contributed by atoms with E-state index in [0.29, 0.717) is 24.2 Å². The molecule has 1 amide bonds. The molecule has 2 aromatic rings. The van der Waals surface area contributed by atoms with Crippen LogP contribution in [0, 0.1) is 17.1 Å². The van der Waals surface area contributed by atoms with Gasteiger partial charge in [0.05, 0.1) is 15.2 Å². The van der Waals surface area contributed by atoms with Crippen molar-refractivity contribution in [1.29, 1.82) is 5.26 Å². The third-order valence-corrected chi connectivity index (χ3v) is 6.63. The number of rotatable bonds is 1. The van der Waals surface area contributed by atoms with E-state index in [0.717, 1.165) is 0 Å². The van der Waals surface area contributed by atoms with E-state index in [9.17, 15) is 14.4 Å². The molecule has 10 heteroatoms. The monoisotopic (exact) mass is 530 g/mol. The van der Waals surface area contributed by atoms with Crippen LogP contribution < -0.4 is 4.90 Å². The van der Waals surface area contributed by atoms with Crippen LogP contribution >= 0.6 is 39.1 Å². The molecule has 2 atom stereocenters. The van der Waals surface area contributed by atoms with Gasteiger partial charge in [0.15, 0.2) is 5.82 Å². The number of nitriles is 1. The Labute approximate surface area is 199 Å². The molecule has 0 N–H and O–H groups in total. The second-order valence-corrected chi connectivity index (χ2v) is 10.2. The smallest absolute Gasteiger partial charge is 0.410 e. The zero-order valence-electron chi connectivity index (χ0n) is 17.8. The number of carbonyl (C=O) groups excluding carboxylic acids is 1. The van der Waals surface area contributed by atoms with E-state index < -0.39 is 17.5 Å². The van der Waals surface area contributed by atoms with Gasteiger partial charge < -0.3 is 14.5 Å². The molecule has 1 aliphatic heterocycles. The molecular weight excluding hydrogens is 510 g/mol. The van der Waals surface area contributed by atoms with E-state index in [1.54, 1.807) is 11.0 Å². The van der Waals surface area contributed by atoms with Crippen LogP contribution in [0.4, 0.5) is 14.9 Å². The van der Waals surface area contributed by atoms with Crippen molar-refractivity contribution in [3.8, 4) is 6.07 Å². The summed E-state index contributed by atoms with van der Waals surface area (Å²) in [4.78, 5) is 20.4. The highest BCUT2D eigenvalue weighted by molar-refractivity contribution is 9.10. The number of pyridine rings is 1. The van der Waals surface area contributed by atoms with Crippen LogP contribution in [0.15, 0.2) is 10.5 Å². The molecule has 0 bridgehead atoms. The van der Waals surface area contributed by atoms with Gasteiger partial charge in [-0.3, -0.25) is 0 Å². The number of anilines is 1. The second kappa shape index (κ2) is 8.61. The maximum Gasteiger partial charge on any atom is 0.410 e. The van der Waals surface area contributed by atoms with E-state index in [2.05, 4.69) is 27.0 Å². The van der Waals surface area contributed by atoms with Gasteiger partial charge in [-0.1, -0.05) is 23.2 Å². The summed E-state index contributed by atoms with van der Waals surface area (Å²) in [6.45, 7) is 10.0. The molecule has 166 valence electrons. The molecule has 0 unspecified atom stereocenters.